The standard InChI is InChI=1S/C15H26O5.C14H26O4.CH4/c1-3-4-11-5-7-13-15(10-16,20-11)9-12(19-13)6-8-14(17)18-2;1-2-4-11-6-7-13-14(10-16,18-11)9-12(17-13)5-3-8-15;/h11-13,16H,3-10H2,1-2H3;11-13,15-16H,2-10H2,1H3;1H4/t11-,12-,13-,15+;11-,12-,13-,14+;/m00./s1. The molecule has 4 fully saturated rings. The molecule has 39 heavy (non-hydrogen) atoms. The van der Waals surface area contributed by atoms with Gasteiger partial charge in [-0.15, -0.1) is 0 Å². The molecule has 0 bridgehead atoms. The van der Waals surface area contributed by atoms with Crippen molar-refractivity contribution >= 4 is 5.97 Å². The maximum absolute atomic E-state index is 11.2. The topological polar surface area (TPSA) is 124 Å². The zero-order chi connectivity index (χ0) is 27.6. The van der Waals surface area contributed by atoms with E-state index in [1.807, 2.05) is 0 Å². The van der Waals surface area contributed by atoms with E-state index in [9.17, 15) is 15.0 Å². The molecule has 0 saturated carbocycles. The van der Waals surface area contributed by atoms with Crippen molar-refractivity contribution in [3.63, 3.8) is 0 Å². The van der Waals surface area contributed by atoms with Gasteiger partial charge in [-0.2, -0.15) is 0 Å². The van der Waals surface area contributed by atoms with Gasteiger partial charge in [0.2, 0.25) is 0 Å². The molecule has 0 aliphatic carbocycles. The fourth-order valence-electron chi connectivity index (χ4n) is 6.71. The summed E-state index contributed by atoms with van der Waals surface area (Å²) in [4.78, 5) is 11.2. The summed E-state index contributed by atoms with van der Waals surface area (Å²) < 4.78 is 29.0. The van der Waals surface area contributed by atoms with Crippen molar-refractivity contribution in [2.45, 2.75) is 159 Å². The van der Waals surface area contributed by atoms with E-state index in [2.05, 4.69) is 18.6 Å². The Labute approximate surface area is 235 Å². The molecule has 0 amide bonds. The van der Waals surface area contributed by atoms with Crippen LogP contribution in [0.25, 0.3) is 0 Å². The Hall–Kier alpha value is -0.810. The summed E-state index contributed by atoms with van der Waals surface area (Å²) in [7, 11) is 1.39. The highest BCUT2D eigenvalue weighted by Gasteiger charge is 2.53. The van der Waals surface area contributed by atoms with Crippen LogP contribution < -0.4 is 0 Å². The third-order valence-corrected chi connectivity index (χ3v) is 8.68. The van der Waals surface area contributed by atoms with E-state index in [4.69, 9.17) is 24.1 Å². The molecule has 9 nitrogen and oxygen atoms in total. The van der Waals surface area contributed by atoms with Crippen molar-refractivity contribution in [2.24, 2.45) is 0 Å². The molecule has 3 N–H and O–H groups in total. The maximum atomic E-state index is 11.2. The minimum atomic E-state index is -0.557. The zero-order valence-electron chi connectivity index (χ0n) is 23.8. The van der Waals surface area contributed by atoms with Gasteiger partial charge in [-0.1, -0.05) is 34.1 Å². The molecule has 4 aliphatic rings. The van der Waals surface area contributed by atoms with Crippen LogP contribution in [0.3, 0.4) is 0 Å². The highest BCUT2D eigenvalue weighted by atomic mass is 16.6. The number of carbonyl (C=O) groups excluding carboxylic acids is 1. The molecule has 8 atom stereocenters. The van der Waals surface area contributed by atoms with Crippen LogP contribution in [0.5, 0.6) is 0 Å². The van der Waals surface area contributed by atoms with Gasteiger partial charge in [0.25, 0.3) is 0 Å². The van der Waals surface area contributed by atoms with Gasteiger partial charge in [0.05, 0.1) is 56.9 Å². The van der Waals surface area contributed by atoms with Gasteiger partial charge in [0.1, 0.15) is 11.2 Å². The number of aliphatic hydroxyl groups excluding tert-OH is 3. The van der Waals surface area contributed by atoms with Crippen LogP contribution in [-0.2, 0) is 28.5 Å². The average molecular weight is 561 g/mol. The summed E-state index contributed by atoms with van der Waals surface area (Å²) in [6.07, 6.45) is 12.9. The molecule has 0 unspecified atom stereocenters. The number of esters is 1. The second kappa shape index (κ2) is 16.6. The smallest absolute Gasteiger partial charge is 0.305 e. The number of aliphatic hydroxyl groups is 3. The minimum absolute atomic E-state index is 0. The van der Waals surface area contributed by atoms with E-state index >= 15 is 0 Å². The second-order valence-electron chi connectivity index (χ2n) is 11.5. The first-order valence-corrected chi connectivity index (χ1v) is 14.9. The number of rotatable bonds is 12. The molecule has 0 radical (unpaired) electrons. The summed E-state index contributed by atoms with van der Waals surface area (Å²) in [5.74, 6) is -0.216. The summed E-state index contributed by atoms with van der Waals surface area (Å²) in [5.41, 5.74) is -1.03. The normalized spacial score (nSPS) is 37.2. The van der Waals surface area contributed by atoms with Gasteiger partial charge in [0.15, 0.2) is 0 Å². The van der Waals surface area contributed by atoms with Crippen molar-refractivity contribution in [2.75, 3.05) is 26.9 Å². The van der Waals surface area contributed by atoms with E-state index in [-0.39, 0.29) is 69.8 Å². The molecule has 4 saturated heterocycles. The number of methoxy groups -OCH3 is 1. The Kier molecular flexibility index (Phi) is 14.6. The molecule has 230 valence electrons. The summed E-state index contributed by atoms with van der Waals surface area (Å²) in [6, 6.07) is 0. The van der Waals surface area contributed by atoms with Crippen LogP contribution in [0, 0.1) is 0 Å². The third-order valence-electron chi connectivity index (χ3n) is 8.68. The van der Waals surface area contributed by atoms with Crippen molar-refractivity contribution in [3.8, 4) is 0 Å². The zero-order valence-corrected chi connectivity index (χ0v) is 23.8. The fourth-order valence-corrected chi connectivity index (χ4v) is 6.71. The van der Waals surface area contributed by atoms with E-state index < -0.39 is 11.2 Å². The van der Waals surface area contributed by atoms with Crippen LogP contribution in [0.2, 0.25) is 0 Å². The lowest BCUT2D eigenvalue weighted by Crippen LogP contribution is -2.51. The van der Waals surface area contributed by atoms with E-state index in [1.165, 1.54) is 7.11 Å². The van der Waals surface area contributed by atoms with Crippen LogP contribution >= 0.6 is 0 Å². The highest BCUT2D eigenvalue weighted by Crippen LogP contribution is 2.44. The summed E-state index contributed by atoms with van der Waals surface area (Å²) >= 11 is 0. The lowest BCUT2D eigenvalue weighted by Gasteiger charge is -2.40. The number of hydrogen-bond acceptors (Lipinski definition) is 9. The molecule has 4 aliphatic heterocycles. The molecule has 4 rings (SSSR count). The van der Waals surface area contributed by atoms with E-state index in [0.29, 0.717) is 19.3 Å². The Morgan fingerprint density at radius 1 is 0.769 bits per heavy atom. The lowest BCUT2D eigenvalue weighted by molar-refractivity contribution is -0.183. The molecule has 4 heterocycles. The Bertz CT molecular complexity index is 706. The molecule has 0 spiro atoms. The average Bonchev–Trinajstić information content (AvgIpc) is 3.49. The van der Waals surface area contributed by atoms with Crippen molar-refractivity contribution in [1.82, 2.24) is 0 Å². The summed E-state index contributed by atoms with van der Waals surface area (Å²) in [6.45, 7) is 4.55. The largest absolute Gasteiger partial charge is 0.469 e. The van der Waals surface area contributed by atoms with Crippen LogP contribution in [-0.4, -0.2) is 96.0 Å². The predicted octanol–water partition coefficient (Wildman–Crippen LogP) is 4.07. The molecule has 0 aromatic rings. The third kappa shape index (κ3) is 8.84. The van der Waals surface area contributed by atoms with E-state index in [1.54, 1.807) is 0 Å². The fraction of sp³-hybridized carbons (Fsp3) is 0.967. The summed E-state index contributed by atoms with van der Waals surface area (Å²) in [5, 5.41) is 28.4. The Morgan fingerprint density at radius 2 is 1.26 bits per heavy atom. The highest BCUT2D eigenvalue weighted by molar-refractivity contribution is 5.69. The van der Waals surface area contributed by atoms with E-state index in [0.717, 1.165) is 70.6 Å². The van der Waals surface area contributed by atoms with Gasteiger partial charge < -0.3 is 39.0 Å². The maximum Gasteiger partial charge on any atom is 0.305 e. The van der Waals surface area contributed by atoms with Crippen molar-refractivity contribution in [3.05, 3.63) is 0 Å². The Balaban J connectivity index is 0.000000268. The van der Waals surface area contributed by atoms with Crippen LogP contribution in [0.4, 0.5) is 0 Å². The second-order valence-corrected chi connectivity index (χ2v) is 11.5. The van der Waals surface area contributed by atoms with Gasteiger partial charge in [0, 0.05) is 25.9 Å². The number of fused-ring (bicyclic) bond motifs is 2. The minimum Gasteiger partial charge on any atom is -0.469 e. The first-order valence-electron chi connectivity index (χ1n) is 14.9. The predicted molar refractivity (Wildman–Crippen MR) is 149 cm³/mol. The van der Waals surface area contributed by atoms with Gasteiger partial charge >= 0.3 is 5.97 Å². The molecule has 0 aromatic heterocycles. The van der Waals surface area contributed by atoms with Gasteiger partial charge in [-0.25, -0.2) is 0 Å². The SMILES string of the molecule is C.CCC[C@H]1CC[C@@H]2O[C@@H](CCC(=O)OC)C[C@]2(CO)O1.CCC[C@H]1CC[C@@H]2O[C@@H](CCCO)C[C@]2(CO)O1. The van der Waals surface area contributed by atoms with Crippen LogP contribution in [0.1, 0.15) is 111 Å². The number of ether oxygens (including phenoxy) is 5. The molecular weight excluding hydrogens is 504 g/mol. The van der Waals surface area contributed by atoms with Crippen molar-refractivity contribution in [1.29, 1.82) is 0 Å². The van der Waals surface area contributed by atoms with Crippen molar-refractivity contribution < 1.29 is 43.8 Å². The molecule has 0 aromatic carbocycles. The number of hydrogen-bond donors (Lipinski definition) is 3. The Morgan fingerprint density at radius 3 is 1.67 bits per heavy atom. The number of carbonyl (C=O) groups is 1. The molecule has 9 heteroatoms. The van der Waals surface area contributed by atoms with Gasteiger partial charge in [-0.05, 0) is 57.8 Å². The van der Waals surface area contributed by atoms with Crippen LogP contribution in [0.15, 0.2) is 0 Å². The quantitative estimate of drug-likeness (QED) is 0.303. The first-order chi connectivity index (χ1) is 18.4. The van der Waals surface area contributed by atoms with Gasteiger partial charge in [-0.3, -0.25) is 4.79 Å². The first kappa shape index (κ1) is 34.4. The lowest BCUT2D eigenvalue weighted by atomic mass is 9.86. The monoisotopic (exact) mass is 560 g/mol. The molecular formula is C30H56O9.